The fourth-order valence-electron chi connectivity index (χ4n) is 2.90. The highest BCUT2D eigenvalue weighted by molar-refractivity contribution is 5.53. The highest BCUT2D eigenvalue weighted by atomic mass is 16.5. The van der Waals surface area contributed by atoms with Crippen LogP contribution < -0.4 is 9.47 Å². The van der Waals surface area contributed by atoms with Crippen LogP contribution in [0.1, 0.15) is 25.0 Å². The Kier molecular flexibility index (Phi) is 5.96. The van der Waals surface area contributed by atoms with E-state index in [1.807, 2.05) is 18.2 Å². The molecule has 0 aliphatic carbocycles. The minimum Gasteiger partial charge on any atom is -0.508 e. The number of hydrogen-bond acceptors (Lipinski definition) is 4. The smallest absolute Gasteiger partial charge is 0.203 e. The Labute approximate surface area is 143 Å². The quantitative estimate of drug-likeness (QED) is 0.800. The molecule has 2 N–H and O–H groups in total. The number of benzene rings is 2. The van der Waals surface area contributed by atoms with Crippen molar-refractivity contribution in [3.8, 4) is 23.0 Å². The molecule has 0 fully saturated rings. The maximum atomic E-state index is 10.1. The van der Waals surface area contributed by atoms with Crippen molar-refractivity contribution in [1.29, 1.82) is 0 Å². The normalized spacial score (nSPS) is 13.3. The van der Waals surface area contributed by atoms with Crippen LogP contribution in [0.2, 0.25) is 0 Å². The molecule has 0 heterocycles. The van der Waals surface area contributed by atoms with E-state index in [1.54, 1.807) is 25.3 Å². The van der Waals surface area contributed by atoms with Gasteiger partial charge in [0.25, 0.3) is 0 Å². The van der Waals surface area contributed by atoms with Crippen LogP contribution in [0.4, 0.5) is 0 Å². The van der Waals surface area contributed by atoms with Gasteiger partial charge in [0.05, 0.1) is 14.2 Å². The van der Waals surface area contributed by atoms with E-state index >= 15 is 0 Å². The second-order valence-electron chi connectivity index (χ2n) is 6.38. The summed E-state index contributed by atoms with van der Waals surface area (Å²) in [5, 5.41) is 19.5. The Morgan fingerprint density at radius 2 is 1.42 bits per heavy atom. The molecule has 4 heteroatoms. The van der Waals surface area contributed by atoms with Gasteiger partial charge in [0.15, 0.2) is 11.5 Å². The second-order valence-corrected chi connectivity index (χ2v) is 6.38. The maximum absolute atomic E-state index is 10.1. The van der Waals surface area contributed by atoms with E-state index in [-0.39, 0.29) is 5.75 Å². The van der Waals surface area contributed by atoms with E-state index in [0.717, 1.165) is 18.4 Å². The number of aromatic hydroxyl groups is 2. The highest BCUT2D eigenvalue weighted by Gasteiger charge is 2.17. The molecule has 2 aromatic rings. The van der Waals surface area contributed by atoms with Crippen LogP contribution in [0.5, 0.6) is 23.0 Å². The zero-order valence-electron chi connectivity index (χ0n) is 14.7. The summed E-state index contributed by atoms with van der Waals surface area (Å²) in [7, 11) is 3.08. The first-order valence-corrected chi connectivity index (χ1v) is 8.16. The molecular weight excluding hydrogens is 304 g/mol. The van der Waals surface area contributed by atoms with E-state index in [9.17, 15) is 10.2 Å². The van der Waals surface area contributed by atoms with E-state index in [2.05, 4.69) is 13.8 Å². The van der Waals surface area contributed by atoms with Crippen LogP contribution in [-0.2, 0) is 12.8 Å². The summed E-state index contributed by atoms with van der Waals surface area (Å²) in [5.41, 5.74) is 2.23. The summed E-state index contributed by atoms with van der Waals surface area (Å²) in [5.74, 6) is 2.20. The predicted molar refractivity (Wildman–Crippen MR) is 95.1 cm³/mol. The zero-order chi connectivity index (χ0) is 17.7. The summed E-state index contributed by atoms with van der Waals surface area (Å²) in [6.07, 6.45) is 1.79. The van der Waals surface area contributed by atoms with Crippen LogP contribution in [-0.4, -0.2) is 24.4 Å². The molecule has 0 aliphatic heterocycles. The summed E-state index contributed by atoms with van der Waals surface area (Å²) in [4.78, 5) is 0. The van der Waals surface area contributed by atoms with E-state index in [0.29, 0.717) is 29.1 Å². The van der Waals surface area contributed by atoms with Crippen molar-refractivity contribution < 1.29 is 19.7 Å². The lowest BCUT2D eigenvalue weighted by Crippen LogP contribution is -2.13. The van der Waals surface area contributed by atoms with Crippen molar-refractivity contribution >= 4 is 0 Å². The van der Waals surface area contributed by atoms with Crippen molar-refractivity contribution in [3.05, 3.63) is 47.5 Å². The molecule has 0 bridgehead atoms. The van der Waals surface area contributed by atoms with Gasteiger partial charge in [-0.25, -0.2) is 0 Å². The van der Waals surface area contributed by atoms with Crippen molar-refractivity contribution in [2.75, 3.05) is 14.2 Å². The second kappa shape index (κ2) is 7.95. The first kappa shape index (κ1) is 18.0. The third-order valence-corrected chi connectivity index (χ3v) is 4.54. The predicted octanol–water partition coefficient (Wildman–Crippen LogP) is 4.17. The number of hydrogen-bond donors (Lipinski definition) is 2. The molecular formula is C20H26O4. The van der Waals surface area contributed by atoms with Gasteiger partial charge in [-0.15, -0.1) is 0 Å². The van der Waals surface area contributed by atoms with E-state index in [1.165, 1.54) is 12.7 Å². The molecule has 0 radical (unpaired) electrons. The number of phenolic OH excluding ortho intramolecular Hbond substituents is 2. The van der Waals surface area contributed by atoms with Crippen molar-refractivity contribution in [2.45, 2.75) is 26.7 Å². The summed E-state index contributed by atoms with van der Waals surface area (Å²) in [6, 6.07) is 11.0. The lowest BCUT2D eigenvalue weighted by molar-refractivity contribution is 0.331. The molecule has 2 unspecified atom stereocenters. The Balaban J connectivity index is 2.06. The van der Waals surface area contributed by atoms with Gasteiger partial charge < -0.3 is 19.7 Å². The van der Waals surface area contributed by atoms with Crippen LogP contribution in [0.3, 0.4) is 0 Å². The van der Waals surface area contributed by atoms with Gasteiger partial charge in [0.1, 0.15) is 5.75 Å². The molecule has 0 saturated heterocycles. The minimum atomic E-state index is 0.102. The van der Waals surface area contributed by atoms with Crippen LogP contribution in [0, 0.1) is 11.8 Å². The molecule has 0 aliphatic rings. The fourth-order valence-corrected chi connectivity index (χ4v) is 2.90. The van der Waals surface area contributed by atoms with Gasteiger partial charge in [0.2, 0.25) is 5.75 Å². The van der Waals surface area contributed by atoms with E-state index < -0.39 is 0 Å². The van der Waals surface area contributed by atoms with Crippen LogP contribution in [0.15, 0.2) is 36.4 Å². The molecule has 2 rings (SSSR count). The zero-order valence-corrected chi connectivity index (χ0v) is 14.7. The molecule has 2 atom stereocenters. The molecule has 0 saturated carbocycles. The molecule has 2 aromatic carbocycles. The number of phenols is 2. The van der Waals surface area contributed by atoms with Crippen molar-refractivity contribution in [3.63, 3.8) is 0 Å². The highest BCUT2D eigenvalue weighted by Crippen LogP contribution is 2.38. The molecule has 130 valence electrons. The number of methoxy groups -OCH3 is 2. The minimum absolute atomic E-state index is 0.102. The molecule has 4 nitrogen and oxygen atoms in total. The van der Waals surface area contributed by atoms with Gasteiger partial charge in [-0.05, 0) is 60.1 Å². The Morgan fingerprint density at radius 1 is 0.833 bits per heavy atom. The molecule has 0 aromatic heterocycles. The summed E-state index contributed by atoms with van der Waals surface area (Å²) >= 11 is 0. The van der Waals surface area contributed by atoms with Gasteiger partial charge in [-0.3, -0.25) is 0 Å². The fraction of sp³-hybridized carbons (Fsp3) is 0.400. The Hall–Kier alpha value is -2.36. The Bertz CT molecular complexity index is 664. The topological polar surface area (TPSA) is 58.9 Å². The average molecular weight is 330 g/mol. The lowest BCUT2D eigenvalue weighted by Gasteiger charge is -2.21. The summed E-state index contributed by atoms with van der Waals surface area (Å²) in [6.45, 7) is 4.43. The van der Waals surface area contributed by atoms with Crippen molar-refractivity contribution in [2.24, 2.45) is 11.8 Å². The average Bonchev–Trinajstić information content (AvgIpc) is 2.56. The van der Waals surface area contributed by atoms with Gasteiger partial charge in [0, 0.05) is 0 Å². The van der Waals surface area contributed by atoms with Gasteiger partial charge in [-0.2, -0.15) is 0 Å². The number of ether oxygens (including phenoxy) is 2. The Morgan fingerprint density at radius 3 is 1.96 bits per heavy atom. The largest absolute Gasteiger partial charge is 0.508 e. The van der Waals surface area contributed by atoms with Gasteiger partial charge in [-0.1, -0.05) is 26.0 Å². The first-order valence-electron chi connectivity index (χ1n) is 8.16. The van der Waals surface area contributed by atoms with Crippen LogP contribution >= 0.6 is 0 Å². The monoisotopic (exact) mass is 330 g/mol. The maximum Gasteiger partial charge on any atom is 0.203 e. The van der Waals surface area contributed by atoms with E-state index in [4.69, 9.17) is 9.47 Å². The summed E-state index contributed by atoms with van der Waals surface area (Å²) < 4.78 is 10.5. The standard InChI is InChI=1S/C20H26O4/c1-13(9-15-5-7-17(21)8-6-15)14(2)10-16-11-18(22)20(24-4)19(12-16)23-3/h5-8,11-14,21-22H,9-10H2,1-4H3. The van der Waals surface area contributed by atoms with Gasteiger partial charge >= 0.3 is 0 Å². The first-order chi connectivity index (χ1) is 11.4. The molecule has 24 heavy (non-hydrogen) atoms. The molecule has 0 amide bonds. The van der Waals surface area contributed by atoms with Crippen molar-refractivity contribution in [1.82, 2.24) is 0 Å². The molecule has 0 spiro atoms. The lowest BCUT2D eigenvalue weighted by atomic mass is 9.85. The third kappa shape index (κ3) is 4.34. The SMILES string of the molecule is COc1cc(CC(C)C(C)Cc2ccc(O)cc2)cc(O)c1OC. The third-order valence-electron chi connectivity index (χ3n) is 4.54. The number of rotatable bonds is 7. The van der Waals surface area contributed by atoms with Crippen LogP contribution in [0.25, 0.3) is 0 Å².